The third-order valence-corrected chi connectivity index (χ3v) is 5.97. The summed E-state index contributed by atoms with van der Waals surface area (Å²) in [4.78, 5) is 15.3. The summed E-state index contributed by atoms with van der Waals surface area (Å²) in [7, 11) is -3.42. The molecule has 1 N–H and O–H groups in total. The van der Waals surface area contributed by atoms with Gasteiger partial charge in [0.25, 0.3) is 0 Å². The van der Waals surface area contributed by atoms with E-state index in [4.69, 9.17) is 0 Å². The van der Waals surface area contributed by atoms with Gasteiger partial charge in [-0.3, -0.25) is 4.79 Å². The fourth-order valence-electron chi connectivity index (χ4n) is 2.76. The van der Waals surface area contributed by atoms with Gasteiger partial charge >= 0.3 is 0 Å². The Morgan fingerprint density at radius 2 is 2.10 bits per heavy atom. The standard InChI is InChI=1S/C14H14FNO3S/c15-10-4-3-5-11-13(10)9(8-16-11)14(17)12-6-1-2-7-20(12,18)19/h3-5,8,12,16H,1-2,6-7H2. The first-order valence-corrected chi connectivity index (χ1v) is 8.23. The molecule has 0 spiro atoms. The molecular weight excluding hydrogens is 281 g/mol. The van der Waals surface area contributed by atoms with Crippen molar-refractivity contribution in [1.82, 2.24) is 4.98 Å². The summed E-state index contributed by atoms with van der Waals surface area (Å²) in [5.74, 6) is -0.977. The van der Waals surface area contributed by atoms with Crippen molar-refractivity contribution in [3.8, 4) is 0 Å². The zero-order chi connectivity index (χ0) is 14.3. The molecule has 0 saturated carbocycles. The van der Waals surface area contributed by atoms with Gasteiger partial charge in [-0.25, -0.2) is 12.8 Å². The number of benzene rings is 1. The van der Waals surface area contributed by atoms with Crippen molar-refractivity contribution in [3.05, 3.63) is 35.8 Å². The monoisotopic (exact) mass is 295 g/mol. The Kier molecular flexibility index (Phi) is 3.12. The second kappa shape index (κ2) is 4.70. The lowest BCUT2D eigenvalue weighted by molar-refractivity contribution is 0.0983. The van der Waals surface area contributed by atoms with Gasteiger partial charge in [-0.05, 0) is 25.0 Å². The number of hydrogen-bond donors (Lipinski definition) is 1. The number of nitrogens with one attached hydrogen (secondary N) is 1. The second-order valence-corrected chi connectivity index (χ2v) is 7.38. The van der Waals surface area contributed by atoms with Crippen molar-refractivity contribution < 1.29 is 17.6 Å². The fourth-order valence-corrected chi connectivity index (χ4v) is 4.63. The van der Waals surface area contributed by atoms with Crippen molar-refractivity contribution in [2.75, 3.05) is 5.75 Å². The average Bonchev–Trinajstić information content (AvgIpc) is 2.83. The maximum atomic E-state index is 13.9. The molecule has 20 heavy (non-hydrogen) atoms. The van der Waals surface area contributed by atoms with Crippen molar-refractivity contribution in [1.29, 1.82) is 0 Å². The van der Waals surface area contributed by atoms with Crippen LogP contribution < -0.4 is 0 Å². The molecular formula is C14H14FNO3S. The zero-order valence-corrected chi connectivity index (χ0v) is 11.5. The van der Waals surface area contributed by atoms with E-state index >= 15 is 0 Å². The van der Waals surface area contributed by atoms with Gasteiger partial charge in [-0.15, -0.1) is 0 Å². The lowest BCUT2D eigenvalue weighted by Gasteiger charge is -2.20. The molecule has 0 bridgehead atoms. The summed E-state index contributed by atoms with van der Waals surface area (Å²) in [6.07, 6.45) is 3.03. The average molecular weight is 295 g/mol. The van der Waals surface area contributed by atoms with Gasteiger partial charge in [0.2, 0.25) is 0 Å². The van der Waals surface area contributed by atoms with Crippen molar-refractivity contribution in [3.63, 3.8) is 0 Å². The Morgan fingerprint density at radius 3 is 2.85 bits per heavy atom. The molecule has 3 rings (SSSR count). The molecule has 1 aromatic heterocycles. The quantitative estimate of drug-likeness (QED) is 0.865. The number of rotatable bonds is 2. The highest BCUT2D eigenvalue weighted by Crippen LogP contribution is 2.28. The highest BCUT2D eigenvalue weighted by atomic mass is 32.2. The van der Waals surface area contributed by atoms with E-state index in [-0.39, 0.29) is 16.7 Å². The molecule has 1 saturated heterocycles. The van der Waals surface area contributed by atoms with Crippen molar-refractivity contribution >= 4 is 26.5 Å². The Morgan fingerprint density at radius 1 is 1.30 bits per heavy atom. The topological polar surface area (TPSA) is 67.0 Å². The van der Waals surface area contributed by atoms with Gasteiger partial charge in [-0.2, -0.15) is 0 Å². The number of carbonyl (C=O) groups excluding carboxylic acids is 1. The van der Waals surface area contributed by atoms with Gasteiger partial charge in [0, 0.05) is 22.7 Å². The number of fused-ring (bicyclic) bond motifs is 1. The number of aromatic nitrogens is 1. The summed E-state index contributed by atoms with van der Waals surface area (Å²) in [5, 5.41) is -0.854. The van der Waals surface area contributed by atoms with Crippen LogP contribution in [0.3, 0.4) is 0 Å². The van der Waals surface area contributed by atoms with E-state index in [9.17, 15) is 17.6 Å². The highest BCUT2D eigenvalue weighted by molar-refractivity contribution is 7.92. The van der Waals surface area contributed by atoms with Crippen LogP contribution in [0.25, 0.3) is 10.9 Å². The minimum absolute atomic E-state index is 0.0360. The van der Waals surface area contributed by atoms with Crippen LogP contribution in [0.15, 0.2) is 24.4 Å². The maximum Gasteiger partial charge on any atom is 0.183 e. The van der Waals surface area contributed by atoms with E-state index in [0.29, 0.717) is 24.8 Å². The zero-order valence-electron chi connectivity index (χ0n) is 10.7. The van der Waals surface area contributed by atoms with Gasteiger partial charge < -0.3 is 4.98 Å². The van der Waals surface area contributed by atoms with Gasteiger partial charge in [0.15, 0.2) is 15.6 Å². The minimum atomic E-state index is -3.42. The summed E-state index contributed by atoms with van der Waals surface area (Å²) in [6, 6.07) is 4.46. The first-order chi connectivity index (χ1) is 9.50. The van der Waals surface area contributed by atoms with Crippen LogP contribution in [0.4, 0.5) is 4.39 Å². The van der Waals surface area contributed by atoms with E-state index in [1.807, 2.05) is 0 Å². The Balaban J connectivity index is 2.09. The van der Waals surface area contributed by atoms with E-state index in [2.05, 4.69) is 4.98 Å². The molecule has 0 aliphatic carbocycles. The van der Waals surface area contributed by atoms with E-state index in [0.717, 1.165) is 0 Å². The predicted molar refractivity (Wildman–Crippen MR) is 74.0 cm³/mol. The van der Waals surface area contributed by atoms with Crippen molar-refractivity contribution in [2.24, 2.45) is 0 Å². The number of ketones is 1. The van der Waals surface area contributed by atoms with Gasteiger partial charge in [-0.1, -0.05) is 12.5 Å². The molecule has 0 radical (unpaired) electrons. The molecule has 4 nitrogen and oxygen atoms in total. The number of Topliss-reactive ketones (excluding diaryl/α,β-unsaturated/α-hetero) is 1. The van der Waals surface area contributed by atoms with E-state index < -0.39 is 26.7 Å². The van der Waals surface area contributed by atoms with Gasteiger partial charge in [0.1, 0.15) is 11.1 Å². The summed E-state index contributed by atoms with van der Waals surface area (Å²) in [6.45, 7) is 0. The third kappa shape index (κ3) is 2.04. The van der Waals surface area contributed by atoms with E-state index in [1.54, 1.807) is 12.1 Å². The predicted octanol–water partition coefficient (Wildman–Crippen LogP) is 2.46. The van der Waals surface area contributed by atoms with Crippen LogP contribution >= 0.6 is 0 Å². The molecule has 106 valence electrons. The molecule has 1 atom stereocenters. The Hall–Kier alpha value is -1.69. The maximum absolute atomic E-state index is 13.9. The van der Waals surface area contributed by atoms with Gasteiger partial charge in [0.05, 0.1) is 5.75 Å². The molecule has 2 heterocycles. The second-order valence-electron chi connectivity index (χ2n) is 5.08. The molecule has 2 aromatic rings. The smallest absolute Gasteiger partial charge is 0.183 e. The SMILES string of the molecule is O=C(c1c[nH]c2cccc(F)c12)C1CCCCS1(=O)=O. The Labute approximate surface area is 115 Å². The van der Waals surface area contributed by atoms with Crippen LogP contribution in [0.5, 0.6) is 0 Å². The number of H-pyrrole nitrogens is 1. The molecule has 1 aromatic carbocycles. The lowest BCUT2D eigenvalue weighted by atomic mass is 10.0. The number of hydrogen-bond acceptors (Lipinski definition) is 3. The summed E-state index contributed by atoms with van der Waals surface area (Å²) < 4.78 is 37.9. The number of aromatic amines is 1. The van der Waals surface area contributed by atoms with Crippen molar-refractivity contribution in [2.45, 2.75) is 24.5 Å². The lowest BCUT2D eigenvalue weighted by Crippen LogP contribution is -2.35. The molecule has 1 fully saturated rings. The number of sulfone groups is 1. The minimum Gasteiger partial charge on any atom is -0.360 e. The van der Waals surface area contributed by atoms with Crippen LogP contribution in [0, 0.1) is 5.82 Å². The van der Waals surface area contributed by atoms with Crippen LogP contribution in [0.1, 0.15) is 29.6 Å². The molecule has 0 amide bonds. The summed E-state index contributed by atoms with van der Waals surface area (Å²) in [5.41, 5.74) is 0.634. The largest absolute Gasteiger partial charge is 0.360 e. The highest BCUT2D eigenvalue weighted by Gasteiger charge is 2.36. The molecule has 1 unspecified atom stereocenters. The van der Waals surface area contributed by atoms with Crippen LogP contribution in [-0.4, -0.2) is 30.2 Å². The van der Waals surface area contributed by atoms with Crippen LogP contribution in [-0.2, 0) is 9.84 Å². The van der Waals surface area contributed by atoms with E-state index in [1.165, 1.54) is 12.3 Å². The molecule has 6 heteroatoms. The number of carbonyl (C=O) groups is 1. The first kappa shape index (κ1) is 13.3. The first-order valence-electron chi connectivity index (χ1n) is 6.52. The summed E-state index contributed by atoms with van der Waals surface area (Å²) >= 11 is 0. The Bertz CT molecular complexity index is 779. The van der Waals surface area contributed by atoms with Crippen LogP contribution in [0.2, 0.25) is 0 Å². The number of halogens is 1. The third-order valence-electron chi connectivity index (χ3n) is 3.79. The molecule has 1 aliphatic rings. The normalized spacial score (nSPS) is 21.9. The fraction of sp³-hybridized carbons (Fsp3) is 0.357. The molecule has 1 aliphatic heterocycles.